The van der Waals surface area contributed by atoms with Gasteiger partial charge in [0.1, 0.15) is 0 Å². The van der Waals surface area contributed by atoms with Gasteiger partial charge in [0.25, 0.3) is 0 Å². The first kappa shape index (κ1) is 13.2. The van der Waals surface area contributed by atoms with E-state index in [0.29, 0.717) is 0 Å². The smallest absolute Gasteiger partial charge is 0.189 e. The SMILES string of the molecule is CCCCCCCCO[Si]1(C)CCCC1. The van der Waals surface area contributed by atoms with Crippen molar-refractivity contribution in [3.63, 3.8) is 0 Å². The Hall–Kier alpha value is 0.177. The molecule has 2 heteroatoms. The maximum atomic E-state index is 6.14. The molecule has 0 aromatic rings. The summed E-state index contributed by atoms with van der Waals surface area (Å²) in [5.41, 5.74) is 0. The van der Waals surface area contributed by atoms with Crippen molar-refractivity contribution in [3.05, 3.63) is 0 Å². The van der Waals surface area contributed by atoms with Gasteiger partial charge in [-0.25, -0.2) is 0 Å². The first-order valence-corrected chi connectivity index (χ1v) is 9.73. The Morgan fingerprint density at radius 2 is 1.53 bits per heavy atom. The first-order valence-electron chi connectivity index (χ1n) is 6.91. The van der Waals surface area contributed by atoms with Gasteiger partial charge in [-0.3, -0.25) is 0 Å². The summed E-state index contributed by atoms with van der Waals surface area (Å²) in [6.07, 6.45) is 11.1. The number of hydrogen-bond acceptors (Lipinski definition) is 1. The van der Waals surface area contributed by atoms with Gasteiger partial charge in [-0.05, 0) is 25.1 Å². The third kappa shape index (κ3) is 5.72. The van der Waals surface area contributed by atoms with Gasteiger partial charge in [-0.1, -0.05) is 51.9 Å². The fourth-order valence-electron chi connectivity index (χ4n) is 2.47. The fourth-order valence-corrected chi connectivity index (χ4v) is 5.64. The molecule has 1 rings (SSSR count). The average Bonchev–Trinajstić information content (AvgIpc) is 2.64. The second-order valence-corrected chi connectivity index (χ2v) is 9.46. The van der Waals surface area contributed by atoms with E-state index in [1.807, 2.05) is 0 Å². The van der Waals surface area contributed by atoms with Gasteiger partial charge in [0.15, 0.2) is 8.32 Å². The summed E-state index contributed by atoms with van der Waals surface area (Å²) in [6.45, 7) is 5.75. The van der Waals surface area contributed by atoms with Crippen LogP contribution in [0.5, 0.6) is 0 Å². The Morgan fingerprint density at radius 1 is 0.933 bits per heavy atom. The van der Waals surface area contributed by atoms with E-state index in [2.05, 4.69) is 13.5 Å². The van der Waals surface area contributed by atoms with Gasteiger partial charge in [0.2, 0.25) is 0 Å². The Labute approximate surface area is 96.7 Å². The zero-order chi connectivity index (χ0) is 11.0. The van der Waals surface area contributed by atoms with Gasteiger partial charge < -0.3 is 4.43 Å². The highest BCUT2D eigenvalue weighted by Gasteiger charge is 2.32. The molecule has 0 aromatic carbocycles. The summed E-state index contributed by atoms with van der Waals surface area (Å²) in [5, 5.41) is 0. The summed E-state index contributed by atoms with van der Waals surface area (Å²) < 4.78 is 6.14. The lowest BCUT2D eigenvalue weighted by Crippen LogP contribution is -2.30. The first-order chi connectivity index (χ1) is 7.27. The molecule has 0 aliphatic carbocycles. The van der Waals surface area contributed by atoms with Crippen molar-refractivity contribution in [2.75, 3.05) is 6.61 Å². The quantitative estimate of drug-likeness (QED) is 0.431. The number of unbranched alkanes of at least 4 members (excludes halogenated alkanes) is 5. The van der Waals surface area contributed by atoms with Gasteiger partial charge in [-0.15, -0.1) is 0 Å². The van der Waals surface area contributed by atoms with E-state index in [0.717, 1.165) is 6.61 Å². The van der Waals surface area contributed by atoms with E-state index in [1.54, 1.807) is 0 Å². The van der Waals surface area contributed by atoms with E-state index < -0.39 is 8.32 Å². The van der Waals surface area contributed by atoms with Crippen molar-refractivity contribution in [3.8, 4) is 0 Å². The summed E-state index contributed by atoms with van der Waals surface area (Å²) in [7, 11) is -1.16. The van der Waals surface area contributed by atoms with Crippen LogP contribution < -0.4 is 0 Å². The van der Waals surface area contributed by atoms with Crippen molar-refractivity contribution >= 4 is 8.32 Å². The molecular formula is C13H28OSi. The number of hydrogen-bond donors (Lipinski definition) is 0. The summed E-state index contributed by atoms with van der Waals surface area (Å²) in [5.74, 6) is 0. The molecule has 1 fully saturated rings. The van der Waals surface area contributed by atoms with Crippen molar-refractivity contribution in [1.82, 2.24) is 0 Å². The van der Waals surface area contributed by atoms with Crippen LogP contribution in [0, 0.1) is 0 Å². The second kappa shape index (κ2) is 7.45. The number of rotatable bonds is 8. The van der Waals surface area contributed by atoms with Crippen LogP contribution in [-0.2, 0) is 4.43 Å². The van der Waals surface area contributed by atoms with Crippen molar-refractivity contribution in [2.24, 2.45) is 0 Å². The summed E-state index contributed by atoms with van der Waals surface area (Å²) in [4.78, 5) is 0. The third-order valence-electron chi connectivity index (χ3n) is 3.61. The van der Waals surface area contributed by atoms with E-state index in [-0.39, 0.29) is 0 Å². The van der Waals surface area contributed by atoms with Crippen molar-refractivity contribution in [2.45, 2.75) is 76.9 Å². The Morgan fingerprint density at radius 3 is 2.20 bits per heavy atom. The normalized spacial score (nSPS) is 19.6. The fraction of sp³-hybridized carbons (Fsp3) is 1.00. The molecule has 1 saturated heterocycles. The maximum absolute atomic E-state index is 6.14. The molecule has 1 aliphatic heterocycles. The van der Waals surface area contributed by atoms with Crippen LogP contribution in [0.3, 0.4) is 0 Å². The topological polar surface area (TPSA) is 9.23 Å². The molecule has 1 aliphatic rings. The van der Waals surface area contributed by atoms with E-state index in [9.17, 15) is 0 Å². The lowest BCUT2D eigenvalue weighted by Gasteiger charge is -2.21. The van der Waals surface area contributed by atoms with Gasteiger partial charge in [0.05, 0.1) is 0 Å². The standard InChI is InChI=1S/C13H28OSi/c1-3-4-5-6-7-8-11-14-15(2)12-9-10-13-15/h3-13H2,1-2H3. The molecule has 1 nitrogen and oxygen atoms in total. The Bertz CT molecular complexity index is 153. The molecular weight excluding hydrogens is 200 g/mol. The van der Waals surface area contributed by atoms with Gasteiger partial charge >= 0.3 is 0 Å². The van der Waals surface area contributed by atoms with Crippen LogP contribution in [0.15, 0.2) is 0 Å². The van der Waals surface area contributed by atoms with Crippen LogP contribution in [0.2, 0.25) is 18.6 Å². The molecule has 0 aromatic heterocycles. The molecule has 15 heavy (non-hydrogen) atoms. The third-order valence-corrected chi connectivity index (χ3v) is 7.33. The average molecular weight is 228 g/mol. The molecule has 0 radical (unpaired) electrons. The monoisotopic (exact) mass is 228 g/mol. The predicted molar refractivity (Wildman–Crippen MR) is 69.8 cm³/mol. The van der Waals surface area contributed by atoms with Crippen LogP contribution in [-0.4, -0.2) is 14.9 Å². The minimum Gasteiger partial charge on any atom is -0.417 e. The van der Waals surface area contributed by atoms with E-state index in [1.165, 1.54) is 63.5 Å². The van der Waals surface area contributed by atoms with E-state index >= 15 is 0 Å². The minimum atomic E-state index is -1.16. The molecule has 0 amide bonds. The van der Waals surface area contributed by atoms with Crippen LogP contribution >= 0.6 is 0 Å². The highest BCUT2D eigenvalue weighted by Crippen LogP contribution is 2.30. The molecule has 0 spiro atoms. The zero-order valence-electron chi connectivity index (χ0n) is 10.7. The second-order valence-electron chi connectivity index (χ2n) is 5.27. The van der Waals surface area contributed by atoms with Crippen molar-refractivity contribution in [1.29, 1.82) is 0 Å². The molecule has 0 atom stereocenters. The highest BCUT2D eigenvalue weighted by molar-refractivity contribution is 6.73. The Balaban J connectivity index is 1.88. The molecule has 0 unspecified atom stereocenters. The summed E-state index contributed by atoms with van der Waals surface area (Å²) in [6, 6.07) is 2.84. The summed E-state index contributed by atoms with van der Waals surface area (Å²) >= 11 is 0. The maximum Gasteiger partial charge on any atom is 0.189 e. The zero-order valence-corrected chi connectivity index (χ0v) is 11.7. The Kier molecular flexibility index (Phi) is 6.58. The molecule has 1 heterocycles. The molecule has 90 valence electrons. The molecule has 0 bridgehead atoms. The van der Waals surface area contributed by atoms with E-state index in [4.69, 9.17) is 4.43 Å². The van der Waals surface area contributed by atoms with Gasteiger partial charge in [0, 0.05) is 6.61 Å². The molecule has 0 N–H and O–H groups in total. The highest BCUT2D eigenvalue weighted by atomic mass is 28.4. The van der Waals surface area contributed by atoms with Crippen LogP contribution in [0.4, 0.5) is 0 Å². The van der Waals surface area contributed by atoms with Crippen molar-refractivity contribution < 1.29 is 4.43 Å². The van der Waals surface area contributed by atoms with Gasteiger partial charge in [-0.2, -0.15) is 0 Å². The lowest BCUT2D eigenvalue weighted by atomic mass is 10.1. The predicted octanol–water partition coefficient (Wildman–Crippen LogP) is 4.73. The largest absolute Gasteiger partial charge is 0.417 e. The van der Waals surface area contributed by atoms with Crippen LogP contribution in [0.1, 0.15) is 58.3 Å². The lowest BCUT2D eigenvalue weighted by molar-refractivity contribution is 0.294. The molecule has 0 saturated carbocycles. The minimum absolute atomic E-state index is 1.05. The van der Waals surface area contributed by atoms with Crippen LogP contribution in [0.25, 0.3) is 0 Å².